The first-order valence-corrected chi connectivity index (χ1v) is 22.0. The second kappa shape index (κ2) is 15.5. The van der Waals surface area contributed by atoms with Gasteiger partial charge >= 0.3 is 0 Å². The van der Waals surface area contributed by atoms with Crippen LogP contribution < -0.4 is 4.90 Å². The lowest BCUT2D eigenvalue weighted by atomic mass is 9.67. The minimum Gasteiger partial charge on any atom is -0.310 e. The number of hydrogen-bond donors (Lipinski definition) is 0. The van der Waals surface area contributed by atoms with Crippen molar-refractivity contribution in [3.8, 4) is 44.6 Å². The van der Waals surface area contributed by atoms with Gasteiger partial charge in [0, 0.05) is 33.5 Å². The summed E-state index contributed by atoms with van der Waals surface area (Å²) in [6.45, 7) is 0. The number of nitrogens with zero attached hydrogens (tertiary/aromatic N) is 2. The Balaban J connectivity index is 1.17. The molecule has 64 heavy (non-hydrogen) atoms. The van der Waals surface area contributed by atoms with Crippen LogP contribution in [-0.4, -0.2) is 4.98 Å². The van der Waals surface area contributed by atoms with Crippen molar-refractivity contribution in [1.29, 1.82) is 0 Å². The molecule has 0 spiro atoms. The van der Waals surface area contributed by atoms with E-state index in [1.54, 1.807) is 0 Å². The highest BCUT2D eigenvalue weighted by molar-refractivity contribution is 5.98. The summed E-state index contributed by atoms with van der Waals surface area (Å²) in [7, 11) is 0. The van der Waals surface area contributed by atoms with Gasteiger partial charge < -0.3 is 4.90 Å². The third kappa shape index (κ3) is 6.14. The fourth-order valence-electron chi connectivity index (χ4n) is 10.2. The average Bonchev–Trinajstić information content (AvgIpc) is 3.68. The van der Waals surface area contributed by atoms with E-state index in [9.17, 15) is 0 Å². The molecule has 0 saturated carbocycles. The van der Waals surface area contributed by atoms with Crippen molar-refractivity contribution in [2.75, 3.05) is 4.90 Å². The van der Waals surface area contributed by atoms with E-state index >= 15 is 0 Å². The van der Waals surface area contributed by atoms with E-state index in [2.05, 4.69) is 260 Å². The zero-order valence-electron chi connectivity index (χ0n) is 35.1. The van der Waals surface area contributed by atoms with Crippen molar-refractivity contribution < 1.29 is 0 Å². The van der Waals surface area contributed by atoms with Gasteiger partial charge in [-0.1, -0.05) is 206 Å². The Bertz CT molecular complexity index is 3450. The van der Waals surface area contributed by atoms with Gasteiger partial charge in [0.25, 0.3) is 0 Å². The van der Waals surface area contributed by atoms with Crippen molar-refractivity contribution in [3.05, 3.63) is 277 Å². The van der Waals surface area contributed by atoms with Gasteiger partial charge in [-0.3, -0.25) is 0 Å². The van der Waals surface area contributed by atoms with Crippen LogP contribution in [0, 0.1) is 0 Å². The molecule has 1 heterocycles. The highest BCUT2D eigenvalue weighted by atomic mass is 15.1. The quantitative estimate of drug-likeness (QED) is 0.152. The number of para-hydroxylation sites is 1. The summed E-state index contributed by atoms with van der Waals surface area (Å²) >= 11 is 0. The monoisotopic (exact) mass is 814 g/mol. The number of fused-ring (bicyclic) bond motifs is 5. The van der Waals surface area contributed by atoms with Gasteiger partial charge in [0.1, 0.15) is 0 Å². The van der Waals surface area contributed by atoms with Crippen molar-refractivity contribution in [3.63, 3.8) is 0 Å². The Kier molecular flexibility index (Phi) is 9.09. The van der Waals surface area contributed by atoms with Gasteiger partial charge in [0.05, 0.1) is 22.3 Å². The molecule has 0 bridgehead atoms. The highest BCUT2D eigenvalue weighted by Gasteiger charge is 2.48. The van der Waals surface area contributed by atoms with Gasteiger partial charge in [-0.15, -0.1) is 0 Å². The number of pyridine rings is 1. The number of aromatic nitrogens is 1. The topological polar surface area (TPSA) is 16.1 Å². The molecule has 0 radical (unpaired) electrons. The number of hydrogen-bond acceptors (Lipinski definition) is 2. The molecule has 0 amide bonds. The summed E-state index contributed by atoms with van der Waals surface area (Å²) < 4.78 is 0. The first-order chi connectivity index (χ1) is 31.7. The summed E-state index contributed by atoms with van der Waals surface area (Å²) in [5.74, 6) is 0. The SMILES string of the molecule is c1ccc(-c2cccc(N(c3ccc4ccccc4c3)c3cccc4c3C(c3ccccc3)(c3ccccc3)c3cc(-c5nc6ccccc6cc5-c5ccccc5)ccc3-4)c2)cc1. The smallest absolute Gasteiger partial charge is 0.0788 e. The summed E-state index contributed by atoms with van der Waals surface area (Å²) in [5.41, 5.74) is 17.5. The largest absolute Gasteiger partial charge is 0.310 e. The molecule has 1 aromatic heterocycles. The fraction of sp³-hybridized carbons (Fsp3) is 0.0161. The molecule has 2 heteroatoms. The molecule has 10 aromatic carbocycles. The molecule has 1 aliphatic carbocycles. The first-order valence-electron chi connectivity index (χ1n) is 22.0. The molecule has 2 nitrogen and oxygen atoms in total. The Morgan fingerprint density at radius 2 is 0.922 bits per heavy atom. The lowest BCUT2D eigenvalue weighted by Gasteiger charge is -2.38. The van der Waals surface area contributed by atoms with Crippen LogP contribution >= 0.6 is 0 Å². The van der Waals surface area contributed by atoms with Crippen LogP contribution in [0.4, 0.5) is 17.1 Å². The van der Waals surface area contributed by atoms with Gasteiger partial charge in [0.2, 0.25) is 0 Å². The summed E-state index contributed by atoms with van der Waals surface area (Å²) in [6, 6.07) is 92.9. The van der Waals surface area contributed by atoms with Crippen molar-refractivity contribution in [2.45, 2.75) is 5.41 Å². The van der Waals surface area contributed by atoms with Gasteiger partial charge in [-0.05, 0) is 104 Å². The number of benzene rings is 10. The van der Waals surface area contributed by atoms with E-state index in [1.165, 1.54) is 55.3 Å². The average molecular weight is 815 g/mol. The van der Waals surface area contributed by atoms with E-state index in [0.29, 0.717) is 0 Å². The van der Waals surface area contributed by atoms with Crippen LogP contribution in [0.25, 0.3) is 66.3 Å². The molecule has 300 valence electrons. The number of rotatable bonds is 8. The molecule has 0 N–H and O–H groups in total. The molecular weight excluding hydrogens is 773 g/mol. The van der Waals surface area contributed by atoms with Crippen molar-refractivity contribution >= 4 is 38.7 Å². The minimum absolute atomic E-state index is 0.713. The number of anilines is 3. The Hall–Kier alpha value is -8.33. The Labute approximate surface area is 374 Å². The highest BCUT2D eigenvalue weighted by Crippen LogP contribution is 2.61. The normalized spacial score (nSPS) is 12.5. The molecular formula is C62H42N2. The fourth-order valence-corrected chi connectivity index (χ4v) is 10.2. The van der Waals surface area contributed by atoms with Gasteiger partial charge in [-0.2, -0.15) is 0 Å². The van der Waals surface area contributed by atoms with Gasteiger partial charge in [0.15, 0.2) is 0 Å². The molecule has 0 fully saturated rings. The second-order valence-corrected chi connectivity index (χ2v) is 16.7. The first kappa shape index (κ1) is 37.4. The Morgan fingerprint density at radius 1 is 0.328 bits per heavy atom. The summed E-state index contributed by atoms with van der Waals surface area (Å²) in [4.78, 5) is 7.95. The zero-order chi connectivity index (χ0) is 42.5. The van der Waals surface area contributed by atoms with E-state index in [0.717, 1.165) is 50.3 Å². The van der Waals surface area contributed by atoms with Crippen molar-refractivity contribution in [1.82, 2.24) is 4.98 Å². The third-order valence-electron chi connectivity index (χ3n) is 13.1. The predicted molar refractivity (Wildman–Crippen MR) is 268 cm³/mol. The van der Waals surface area contributed by atoms with E-state index in [-0.39, 0.29) is 0 Å². The maximum atomic E-state index is 5.46. The van der Waals surface area contributed by atoms with Crippen LogP contribution in [0.5, 0.6) is 0 Å². The predicted octanol–water partition coefficient (Wildman–Crippen LogP) is 16.2. The standard InChI is InChI=1S/C62H42N2/c1-5-19-43(20-6-1)47-26-17-31-52(39-47)64(53-37-35-44-21-13-14-24-46(44)40-53)59-34-18-32-55-54-38-36-49(61-56(45-22-7-2-8-23-45)41-48-25-15-16-33-58(48)63-61)42-57(54)62(60(55)59,50-27-9-3-10-28-50)51-29-11-4-12-30-51/h1-42H. The lowest BCUT2D eigenvalue weighted by Crippen LogP contribution is -2.30. The molecule has 0 unspecified atom stereocenters. The molecule has 0 saturated heterocycles. The molecule has 0 atom stereocenters. The molecule has 11 aromatic rings. The second-order valence-electron chi connectivity index (χ2n) is 16.7. The lowest BCUT2D eigenvalue weighted by molar-refractivity contribution is 0.768. The summed E-state index contributed by atoms with van der Waals surface area (Å²) in [5, 5.41) is 3.53. The van der Waals surface area contributed by atoms with Crippen LogP contribution in [-0.2, 0) is 5.41 Å². The molecule has 1 aliphatic rings. The minimum atomic E-state index is -0.713. The van der Waals surface area contributed by atoms with Gasteiger partial charge in [-0.25, -0.2) is 4.98 Å². The van der Waals surface area contributed by atoms with Crippen molar-refractivity contribution in [2.24, 2.45) is 0 Å². The third-order valence-corrected chi connectivity index (χ3v) is 13.1. The summed E-state index contributed by atoms with van der Waals surface area (Å²) in [6.07, 6.45) is 0. The Morgan fingerprint density at radius 3 is 1.66 bits per heavy atom. The van der Waals surface area contributed by atoms with E-state index in [1.807, 2.05) is 0 Å². The van der Waals surface area contributed by atoms with Crippen LogP contribution in [0.3, 0.4) is 0 Å². The molecule has 12 rings (SSSR count). The van der Waals surface area contributed by atoms with Crippen LogP contribution in [0.15, 0.2) is 255 Å². The van der Waals surface area contributed by atoms with E-state index in [4.69, 9.17) is 4.98 Å². The van der Waals surface area contributed by atoms with Crippen LogP contribution in [0.2, 0.25) is 0 Å². The zero-order valence-corrected chi connectivity index (χ0v) is 35.1. The maximum absolute atomic E-state index is 5.46. The van der Waals surface area contributed by atoms with E-state index < -0.39 is 5.41 Å². The van der Waals surface area contributed by atoms with Crippen LogP contribution in [0.1, 0.15) is 22.3 Å². The molecule has 0 aliphatic heterocycles. The maximum Gasteiger partial charge on any atom is 0.0788 e.